The first-order chi connectivity index (χ1) is 9.49. The number of benzene rings is 2. The molecule has 0 amide bonds. The predicted molar refractivity (Wildman–Crippen MR) is 79.2 cm³/mol. The van der Waals surface area contributed by atoms with E-state index in [-0.39, 0.29) is 17.5 Å². The van der Waals surface area contributed by atoms with Gasteiger partial charge in [-0.25, -0.2) is 4.39 Å². The highest BCUT2D eigenvalue weighted by Gasteiger charge is 2.18. The van der Waals surface area contributed by atoms with Crippen molar-refractivity contribution >= 4 is 27.3 Å². The van der Waals surface area contributed by atoms with Gasteiger partial charge in [-0.05, 0) is 41.1 Å². The molecule has 0 saturated heterocycles. The highest BCUT2D eigenvalue weighted by atomic mass is 79.9. The lowest BCUT2D eigenvalue weighted by atomic mass is 10.1. The molecule has 0 spiro atoms. The van der Waals surface area contributed by atoms with Gasteiger partial charge in [-0.15, -0.1) is 0 Å². The molecular formula is C14H12BrFN2O2. The van der Waals surface area contributed by atoms with Crippen LogP contribution in [-0.2, 0) is 0 Å². The van der Waals surface area contributed by atoms with E-state index in [1.165, 1.54) is 18.2 Å². The minimum absolute atomic E-state index is 0.0609. The van der Waals surface area contributed by atoms with Gasteiger partial charge in [0.15, 0.2) is 0 Å². The van der Waals surface area contributed by atoms with E-state index in [0.717, 1.165) is 0 Å². The predicted octanol–water partition coefficient (Wildman–Crippen LogP) is 4.67. The molecule has 0 radical (unpaired) electrons. The minimum atomic E-state index is -0.410. The van der Waals surface area contributed by atoms with E-state index >= 15 is 0 Å². The topological polar surface area (TPSA) is 55.2 Å². The van der Waals surface area contributed by atoms with Gasteiger partial charge in [0.2, 0.25) is 0 Å². The second kappa shape index (κ2) is 6.00. The summed E-state index contributed by atoms with van der Waals surface area (Å²) in [6, 6.07) is 10.5. The van der Waals surface area contributed by atoms with Crippen LogP contribution in [0.2, 0.25) is 0 Å². The van der Waals surface area contributed by atoms with Crippen LogP contribution in [0.1, 0.15) is 18.5 Å². The number of rotatable bonds is 4. The van der Waals surface area contributed by atoms with Crippen LogP contribution in [0.4, 0.5) is 15.8 Å². The first-order valence-electron chi connectivity index (χ1n) is 5.94. The molecule has 1 unspecified atom stereocenters. The van der Waals surface area contributed by atoms with Crippen LogP contribution in [0.5, 0.6) is 0 Å². The van der Waals surface area contributed by atoms with Gasteiger partial charge in [0.05, 0.1) is 16.5 Å². The van der Waals surface area contributed by atoms with Gasteiger partial charge in [-0.2, -0.15) is 0 Å². The molecule has 1 N–H and O–H groups in total. The second-order valence-electron chi connectivity index (χ2n) is 4.31. The molecule has 0 aliphatic carbocycles. The molecule has 0 bridgehead atoms. The fourth-order valence-electron chi connectivity index (χ4n) is 1.94. The van der Waals surface area contributed by atoms with Crippen molar-refractivity contribution in [2.75, 3.05) is 5.32 Å². The van der Waals surface area contributed by atoms with Crippen molar-refractivity contribution in [2.45, 2.75) is 13.0 Å². The number of hydrogen-bond donors (Lipinski definition) is 1. The standard InChI is InChI=1S/C14H12BrFN2O2/c1-9(11-4-2-3-5-14(11)18(19)20)17-13-7-6-10(16)8-12(13)15/h2-9,17H,1H3. The lowest BCUT2D eigenvalue weighted by Crippen LogP contribution is -2.09. The number of nitrogens with zero attached hydrogens (tertiary/aromatic N) is 1. The van der Waals surface area contributed by atoms with E-state index in [1.807, 2.05) is 6.92 Å². The van der Waals surface area contributed by atoms with Crippen LogP contribution < -0.4 is 5.32 Å². The lowest BCUT2D eigenvalue weighted by Gasteiger charge is -2.16. The number of hydrogen-bond acceptors (Lipinski definition) is 3. The maximum absolute atomic E-state index is 13.0. The zero-order valence-electron chi connectivity index (χ0n) is 10.6. The maximum atomic E-state index is 13.0. The van der Waals surface area contributed by atoms with Crippen LogP contribution in [-0.4, -0.2) is 4.92 Å². The normalized spacial score (nSPS) is 11.9. The van der Waals surface area contributed by atoms with Crippen LogP contribution in [0.15, 0.2) is 46.9 Å². The van der Waals surface area contributed by atoms with Gasteiger partial charge in [-0.1, -0.05) is 18.2 Å². The van der Waals surface area contributed by atoms with Gasteiger partial charge < -0.3 is 5.32 Å². The van der Waals surface area contributed by atoms with E-state index in [4.69, 9.17) is 0 Å². The SMILES string of the molecule is CC(Nc1ccc(F)cc1Br)c1ccccc1[N+](=O)[O-]. The molecule has 0 fully saturated rings. The third kappa shape index (κ3) is 3.14. The Balaban J connectivity index is 2.28. The van der Waals surface area contributed by atoms with Crippen LogP contribution in [0, 0.1) is 15.9 Å². The zero-order valence-corrected chi connectivity index (χ0v) is 12.2. The van der Waals surface area contributed by atoms with Gasteiger partial charge in [0.1, 0.15) is 5.82 Å². The fraction of sp³-hybridized carbons (Fsp3) is 0.143. The number of halogens is 2. The second-order valence-corrected chi connectivity index (χ2v) is 5.16. The highest BCUT2D eigenvalue weighted by Crippen LogP contribution is 2.30. The van der Waals surface area contributed by atoms with Crippen molar-refractivity contribution < 1.29 is 9.31 Å². The first kappa shape index (κ1) is 14.5. The molecule has 1 atom stereocenters. The Morgan fingerprint density at radius 2 is 2.00 bits per heavy atom. The van der Waals surface area contributed by atoms with Gasteiger partial charge in [0, 0.05) is 16.2 Å². The fourth-order valence-corrected chi connectivity index (χ4v) is 2.40. The smallest absolute Gasteiger partial charge is 0.274 e. The Morgan fingerprint density at radius 3 is 2.65 bits per heavy atom. The zero-order chi connectivity index (χ0) is 14.7. The Labute approximate surface area is 123 Å². The summed E-state index contributed by atoms with van der Waals surface area (Å²) in [5, 5.41) is 14.1. The molecular weight excluding hydrogens is 327 g/mol. The van der Waals surface area contributed by atoms with Crippen LogP contribution in [0.3, 0.4) is 0 Å². The van der Waals surface area contributed by atoms with E-state index in [2.05, 4.69) is 21.2 Å². The van der Waals surface area contributed by atoms with Gasteiger partial charge in [-0.3, -0.25) is 10.1 Å². The monoisotopic (exact) mass is 338 g/mol. The molecule has 0 heterocycles. The van der Waals surface area contributed by atoms with Crippen molar-refractivity contribution in [3.63, 3.8) is 0 Å². The van der Waals surface area contributed by atoms with Crippen LogP contribution in [0.25, 0.3) is 0 Å². The number of nitrogens with one attached hydrogen (secondary N) is 1. The largest absolute Gasteiger partial charge is 0.377 e. The van der Waals surface area contributed by atoms with Crippen molar-refractivity contribution in [1.82, 2.24) is 0 Å². The molecule has 0 saturated carbocycles. The molecule has 20 heavy (non-hydrogen) atoms. The Kier molecular flexibility index (Phi) is 4.34. The molecule has 2 aromatic rings. The summed E-state index contributed by atoms with van der Waals surface area (Å²) in [5.74, 6) is -0.347. The molecule has 4 nitrogen and oxygen atoms in total. The van der Waals surface area contributed by atoms with E-state index < -0.39 is 4.92 Å². The number of anilines is 1. The van der Waals surface area contributed by atoms with Crippen molar-refractivity contribution in [3.05, 3.63) is 68.4 Å². The summed E-state index contributed by atoms with van der Waals surface area (Å²) in [6.07, 6.45) is 0. The minimum Gasteiger partial charge on any atom is -0.377 e. The summed E-state index contributed by atoms with van der Waals surface area (Å²) in [4.78, 5) is 10.6. The molecule has 6 heteroatoms. The van der Waals surface area contributed by atoms with Crippen LogP contribution >= 0.6 is 15.9 Å². The average Bonchev–Trinajstić information content (AvgIpc) is 2.41. The summed E-state index contributed by atoms with van der Waals surface area (Å²) in [5.41, 5.74) is 1.32. The average molecular weight is 339 g/mol. The molecule has 0 aromatic heterocycles. The Morgan fingerprint density at radius 1 is 1.30 bits per heavy atom. The highest BCUT2D eigenvalue weighted by molar-refractivity contribution is 9.10. The number of nitro benzene ring substituents is 1. The number of nitro groups is 1. The summed E-state index contributed by atoms with van der Waals surface area (Å²) in [6.45, 7) is 1.82. The van der Waals surface area contributed by atoms with Crippen molar-refractivity contribution in [2.24, 2.45) is 0 Å². The van der Waals surface area contributed by atoms with E-state index in [0.29, 0.717) is 15.7 Å². The lowest BCUT2D eigenvalue weighted by molar-refractivity contribution is -0.385. The third-order valence-electron chi connectivity index (χ3n) is 2.90. The van der Waals surface area contributed by atoms with E-state index in [9.17, 15) is 14.5 Å². The number of para-hydroxylation sites is 1. The first-order valence-corrected chi connectivity index (χ1v) is 6.73. The van der Waals surface area contributed by atoms with Crippen molar-refractivity contribution in [3.8, 4) is 0 Å². The van der Waals surface area contributed by atoms with Gasteiger partial charge >= 0.3 is 0 Å². The van der Waals surface area contributed by atoms with Gasteiger partial charge in [0.25, 0.3) is 5.69 Å². The summed E-state index contributed by atoms with van der Waals surface area (Å²) < 4.78 is 13.6. The molecule has 104 valence electrons. The molecule has 0 aliphatic rings. The molecule has 2 rings (SSSR count). The Bertz CT molecular complexity index is 649. The third-order valence-corrected chi connectivity index (χ3v) is 3.56. The molecule has 2 aromatic carbocycles. The summed E-state index contributed by atoms with van der Waals surface area (Å²) >= 11 is 3.26. The van der Waals surface area contributed by atoms with Crippen molar-refractivity contribution in [1.29, 1.82) is 0 Å². The molecule has 0 aliphatic heterocycles. The maximum Gasteiger partial charge on any atom is 0.274 e. The Hall–Kier alpha value is -1.95. The van der Waals surface area contributed by atoms with E-state index in [1.54, 1.807) is 24.3 Å². The quantitative estimate of drug-likeness (QED) is 0.651. The summed E-state index contributed by atoms with van der Waals surface area (Å²) in [7, 11) is 0.